The van der Waals surface area contributed by atoms with Crippen LogP contribution < -0.4 is 4.74 Å². The molecule has 1 atom stereocenters. The van der Waals surface area contributed by atoms with Gasteiger partial charge in [-0.05, 0) is 25.2 Å². The normalized spacial score (nSPS) is 12.6. The second kappa shape index (κ2) is 7.27. The van der Waals surface area contributed by atoms with Crippen LogP contribution in [0.1, 0.15) is 31.4 Å². The molecule has 0 heterocycles. The third-order valence-electron chi connectivity index (χ3n) is 3.35. The summed E-state index contributed by atoms with van der Waals surface area (Å²) in [6.45, 7) is 3.15. The lowest BCUT2D eigenvalue weighted by molar-refractivity contribution is 0.179. The number of aliphatic hydroxyl groups excluding tert-OH is 1. The van der Waals surface area contributed by atoms with Crippen LogP contribution in [0.2, 0.25) is 0 Å². The molecular formula is C17H22O3. The summed E-state index contributed by atoms with van der Waals surface area (Å²) in [7, 11) is 1.71. The molecule has 0 radical (unpaired) electrons. The van der Waals surface area contributed by atoms with Crippen LogP contribution in [0, 0.1) is 0 Å². The second-order valence-electron chi connectivity index (χ2n) is 4.93. The SMILES string of the molecule is COCCCCOc1c([C@@H](C)O)ccc2ccccc12. The van der Waals surface area contributed by atoms with Crippen molar-refractivity contribution in [3.8, 4) is 5.75 Å². The summed E-state index contributed by atoms with van der Waals surface area (Å²) in [5.74, 6) is 0.801. The third kappa shape index (κ3) is 3.50. The van der Waals surface area contributed by atoms with E-state index >= 15 is 0 Å². The minimum atomic E-state index is -0.534. The van der Waals surface area contributed by atoms with Crippen LogP contribution in [-0.2, 0) is 4.74 Å². The molecule has 108 valence electrons. The number of ether oxygens (including phenoxy) is 2. The van der Waals surface area contributed by atoms with Gasteiger partial charge < -0.3 is 14.6 Å². The molecule has 20 heavy (non-hydrogen) atoms. The molecule has 3 heteroatoms. The summed E-state index contributed by atoms with van der Waals surface area (Å²) in [4.78, 5) is 0. The Balaban J connectivity index is 2.21. The zero-order valence-electron chi connectivity index (χ0n) is 12.1. The molecule has 2 rings (SSSR count). The average Bonchev–Trinajstić information content (AvgIpc) is 2.46. The molecule has 0 fully saturated rings. The summed E-state index contributed by atoms with van der Waals surface area (Å²) < 4.78 is 11.0. The highest BCUT2D eigenvalue weighted by Gasteiger charge is 2.12. The quantitative estimate of drug-likeness (QED) is 0.782. The lowest BCUT2D eigenvalue weighted by Crippen LogP contribution is -2.04. The summed E-state index contributed by atoms with van der Waals surface area (Å²) in [6, 6.07) is 12.1. The Kier molecular flexibility index (Phi) is 5.39. The molecule has 0 saturated heterocycles. The van der Waals surface area contributed by atoms with Crippen LogP contribution in [0.3, 0.4) is 0 Å². The van der Waals surface area contributed by atoms with E-state index in [0.29, 0.717) is 6.61 Å². The van der Waals surface area contributed by atoms with Crippen molar-refractivity contribution in [1.29, 1.82) is 0 Å². The number of hydrogen-bond donors (Lipinski definition) is 1. The van der Waals surface area contributed by atoms with E-state index in [4.69, 9.17) is 9.47 Å². The summed E-state index contributed by atoms with van der Waals surface area (Å²) in [5, 5.41) is 12.1. The lowest BCUT2D eigenvalue weighted by atomic mass is 10.0. The Bertz CT molecular complexity index is 549. The molecule has 0 aromatic heterocycles. The molecule has 0 saturated carbocycles. The van der Waals surface area contributed by atoms with Crippen molar-refractivity contribution < 1.29 is 14.6 Å². The van der Waals surface area contributed by atoms with Gasteiger partial charge in [-0.2, -0.15) is 0 Å². The molecule has 0 spiro atoms. The number of hydrogen-bond acceptors (Lipinski definition) is 3. The van der Waals surface area contributed by atoms with E-state index in [9.17, 15) is 5.11 Å². The molecule has 3 nitrogen and oxygen atoms in total. The van der Waals surface area contributed by atoms with Crippen molar-refractivity contribution in [3.05, 3.63) is 42.0 Å². The molecule has 0 bridgehead atoms. The van der Waals surface area contributed by atoms with Gasteiger partial charge in [0.2, 0.25) is 0 Å². The summed E-state index contributed by atoms with van der Waals surface area (Å²) in [6.07, 6.45) is 1.38. The van der Waals surface area contributed by atoms with E-state index in [1.807, 2.05) is 30.3 Å². The maximum Gasteiger partial charge on any atom is 0.132 e. The number of fused-ring (bicyclic) bond motifs is 1. The van der Waals surface area contributed by atoms with E-state index in [1.54, 1.807) is 14.0 Å². The molecule has 0 aliphatic carbocycles. The number of methoxy groups -OCH3 is 1. The topological polar surface area (TPSA) is 38.7 Å². The monoisotopic (exact) mass is 274 g/mol. The van der Waals surface area contributed by atoms with E-state index in [0.717, 1.165) is 41.5 Å². The van der Waals surface area contributed by atoms with Crippen LogP contribution in [0.15, 0.2) is 36.4 Å². The van der Waals surface area contributed by atoms with Gasteiger partial charge in [0, 0.05) is 24.7 Å². The van der Waals surface area contributed by atoms with E-state index < -0.39 is 6.10 Å². The predicted octanol–water partition coefficient (Wildman–Crippen LogP) is 3.70. The van der Waals surface area contributed by atoms with Crippen molar-refractivity contribution >= 4 is 10.8 Å². The zero-order valence-corrected chi connectivity index (χ0v) is 12.1. The largest absolute Gasteiger partial charge is 0.493 e. The summed E-state index contributed by atoms with van der Waals surface area (Å²) >= 11 is 0. The minimum Gasteiger partial charge on any atom is -0.493 e. The smallest absolute Gasteiger partial charge is 0.132 e. The third-order valence-corrected chi connectivity index (χ3v) is 3.35. The number of unbranched alkanes of at least 4 members (excludes halogenated alkanes) is 1. The van der Waals surface area contributed by atoms with Crippen LogP contribution in [0.25, 0.3) is 10.8 Å². The Labute approximate surface area is 120 Å². The molecule has 2 aromatic rings. The minimum absolute atomic E-state index is 0.534. The number of benzene rings is 2. The van der Waals surface area contributed by atoms with Crippen molar-refractivity contribution in [3.63, 3.8) is 0 Å². The molecule has 0 aliphatic rings. The molecule has 0 unspecified atom stereocenters. The highest BCUT2D eigenvalue weighted by atomic mass is 16.5. The Morgan fingerprint density at radius 1 is 1.05 bits per heavy atom. The first kappa shape index (κ1) is 14.8. The maximum atomic E-state index is 9.90. The number of aliphatic hydroxyl groups is 1. The molecule has 2 aromatic carbocycles. The lowest BCUT2D eigenvalue weighted by Gasteiger charge is -2.16. The maximum absolute atomic E-state index is 9.90. The first-order valence-corrected chi connectivity index (χ1v) is 7.05. The fourth-order valence-corrected chi connectivity index (χ4v) is 2.27. The molecular weight excluding hydrogens is 252 g/mol. The fourth-order valence-electron chi connectivity index (χ4n) is 2.27. The molecule has 0 aliphatic heterocycles. The van der Waals surface area contributed by atoms with E-state index in [1.165, 1.54) is 0 Å². The van der Waals surface area contributed by atoms with Crippen LogP contribution >= 0.6 is 0 Å². The molecule has 1 N–H and O–H groups in total. The van der Waals surface area contributed by atoms with Crippen molar-refractivity contribution in [2.24, 2.45) is 0 Å². The molecule has 0 amide bonds. The first-order valence-electron chi connectivity index (χ1n) is 7.05. The van der Waals surface area contributed by atoms with Gasteiger partial charge in [-0.1, -0.05) is 36.4 Å². The van der Waals surface area contributed by atoms with Gasteiger partial charge in [0.05, 0.1) is 12.7 Å². The first-order chi connectivity index (χ1) is 9.74. The average molecular weight is 274 g/mol. The van der Waals surface area contributed by atoms with Crippen molar-refractivity contribution in [1.82, 2.24) is 0 Å². The van der Waals surface area contributed by atoms with Crippen LogP contribution in [-0.4, -0.2) is 25.4 Å². The van der Waals surface area contributed by atoms with Gasteiger partial charge in [0.15, 0.2) is 0 Å². The van der Waals surface area contributed by atoms with Crippen molar-refractivity contribution in [2.45, 2.75) is 25.9 Å². The van der Waals surface area contributed by atoms with E-state index in [-0.39, 0.29) is 0 Å². The van der Waals surface area contributed by atoms with Crippen LogP contribution in [0.4, 0.5) is 0 Å². The number of rotatable bonds is 7. The van der Waals surface area contributed by atoms with Gasteiger partial charge in [0.25, 0.3) is 0 Å². The van der Waals surface area contributed by atoms with Gasteiger partial charge in [-0.25, -0.2) is 0 Å². The second-order valence-corrected chi connectivity index (χ2v) is 4.93. The highest BCUT2D eigenvalue weighted by Crippen LogP contribution is 2.33. The van der Waals surface area contributed by atoms with Gasteiger partial charge >= 0.3 is 0 Å². The Hall–Kier alpha value is -1.58. The van der Waals surface area contributed by atoms with E-state index in [2.05, 4.69) is 6.07 Å². The standard InChI is InChI=1S/C17H22O3/c1-13(18)15-10-9-14-7-3-4-8-16(14)17(15)20-12-6-5-11-19-2/h3-4,7-10,13,18H,5-6,11-12H2,1-2H3/t13-/m1/s1. The Morgan fingerprint density at radius 3 is 2.55 bits per heavy atom. The van der Waals surface area contributed by atoms with Gasteiger partial charge in [0.1, 0.15) is 5.75 Å². The summed E-state index contributed by atoms with van der Waals surface area (Å²) in [5.41, 5.74) is 0.843. The van der Waals surface area contributed by atoms with Crippen molar-refractivity contribution in [2.75, 3.05) is 20.3 Å². The van der Waals surface area contributed by atoms with Crippen LogP contribution in [0.5, 0.6) is 5.75 Å². The zero-order chi connectivity index (χ0) is 14.4. The fraction of sp³-hybridized carbons (Fsp3) is 0.412. The van der Waals surface area contributed by atoms with Gasteiger partial charge in [-0.15, -0.1) is 0 Å². The Morgan fingerprint density at radius 2 is 1.80 bits per heavy atom. The highest BCUT2D eigenvalue weighted by molar-refractivity contribution is 5.89. The van der Waals surface area contributed by atoms with Gasteiger partial charge in [-0.3, -0.25) is 0 Å². The predicted molar refractivity (Wildman–Crippen MR) is 81.2 cm³/mol.